The highest BCUT2D eigenvalue weighted by Gasteiger charge is 2.18. The number of nitrogens with one attached hydrogen (secondary N) is 1. The van der Waals surface area contributed by atoms with Crippen molar-refractivity contribution >= 4 is 29.3 Å². The van der Waals surface area contributed by atoms with E-state index < -0.39 is 5.25 Å². The number of nitriles is 1. The van der Waals surface area contributed by atoms with Crippen LogP contribution in [0.3, 0.4) is 0 Å². The highest BCUT2D eigenvalue weighted by atomic mass is 32.2. The fourth-order valence-electron chi connectivity index (χ4n) is 1.79. The van der Waals surface area contributed by atoms with Crippen LogP contribution in [-0.2, 0) is 4.79 Å². The average molecular weight is 331 g/mol. The Morgan fingerprint density at radius 1 is 1.48 bits per heavy atom. The Morgan fingerprint density at radius 2 is 2.22 bits per heavy atom. The van der Waals surface area contributed by atoms with Crippen molar-refractivity contribution in [1.82, 2.24) is 19.7 Å². The lowest BCUT2D eigenvalue weighted by molar-refractivity contribution is -0.115. The monoisotopic (exact) mass is 331 g/mol. The summed E-state index contributed by atoms with van der Waals surface area (Å²) in [4.78, 5) is 20.3. The van der Waals surface area contributed by atoms with Crippen molar-refractivity contribution in [2.45, 2.75) is 37.2 Å². The van der Waals surface area contributed by atoms with E-state index in [0.29, 0.717) is 11.0 Å². The lowest BCUT2D eigenvalue weighted by Gasteiger charge is -2.14. The van der Waals surface area contributed by atoms with Gasteiger partial charge in [-0.1, -0.05) is 11.8 Å². The van der Waals surface area contributed by atoms with Crippen LogP contribution in [0.5, 0.6) is 0 Å². The van der Waals surface area contributed by atoms with Crippen molar-refractivity contribution in [3.63, 3.8) is 0 Å². The van der Waals surface area contributed by atoms with E-state index in [9.17, 15) is 4.79 Å². The molecule has 120 valence electrons. The lowest BCUT2D eigenvalue weighted by Crippen LogP contribution is -2.24. The van der Waals surface area contributed by atoms with E-state index in [1.54, 1.807) is 23.9 Å². The number of hydrogen-bond donors (Lipinski definition) is 2. The molecule has 0 bridgehead atoms. The number of nitrogens with two attached hydrogens (primary N) is 1. The zero-order valence-corrected chi connectivity index (χ0v) is 13.8. The maximum atomic E-state index is 12.3. The molecule has 2 heterocycles. The Hall–Kier alpha value is -2.60. The maximum Gasteiger partial charge on any atom is 0.238 e. The van der Waals surface area contributed by atoms with E-state index in [1.165, 1.54) is 18.0 Å². The zero-order chi connectivity index (χ0) is 17.0. The number of rotatable bonds is 5. The number of aromatic nitrogens is 4. The van der Waals surface area contributed by atoms with Crippen LogP contribution in [0.1, 0.15) is 32.4 Å². The standard InChI is InChI=1S/C14H17N7OS/c1-8(2)21-11(4-5-18-21)19-13(22)9(3)23-14-17-7-10(6-15)12(16)20-14/h4-5,7-9H,1-3H3,(H,19,22)(H2,16,17,20)/t9-/m1/s1. The third-order valence-corrected chi connectivity index (χ3v) is 3.95. The fraction of sp³-hybridized carbons (Fsp3) is 0.357. The molecule has 2 aromatic heterocycles. The molecule has 0 aliphatic heterocycles. The molecule has 0 saturated carbocycles. The number of nitrogen functional groups attached to an aromatic ring is 1. The summed E-state index contributed by atoms with van der Waals surface area (Å²) in [5.74, 6) is 0.553. The van der Waals surface area contributed by atoms with Crippen molar-refractivity contribution in [2.75, 3.05) is 11.1 Å². The molecular formula is C14H17N7OS. The molecule has 0 radical (unpaired) electrons. The summed E-state index contributed by atoms with van der Waals surface area (Å²) in [6, 6.07) is 3.78. The number of nitrogens with zero attached hydrogens (tertiary/aromatic N) is 5. The first kappa shape index (κ1) is 16.8. The van der Waals surface area contributed by atoms with Gasteiger partial charge in [0.25, 0.3) is 0 Å². The molecule has 1 amide bonds. The SMILES string of the molecule is CC(C)n1nccc1NC(=O)[C@@H](C)Sc1ncc(C#N)c(N)n1. The van der Waals surface area contributed by atoms with Gasteiger partial charge in [-0.15, -0.1) is 0 Å². The molecule has 0 saturated heterocycles. The summed E-state index contributed by atoms with van der Waals surface area (Å²) in [7, 11) is 0. The summed E-state index contributed by atoms with van der Waals surface area (Å²) >= 11 is 1.17. The Balaban J connectivity index is 2.04. The number of hydrogen-bond acceptors (Lipinski definition) is 7. The molecule has 2 aromatic rings. The summed E-state index contributed by atoms with van der Waals surface area (Å²) in [6.07, 6.45) is 2.99. The number of amides is 1. The van der Waals surface area contributed by atoms with E-state index in [0.717, 1.165) is 0 Å². The molecule has 0 unspecified atom stereocenters. The third-order valence-electron chi connectivity index (χ3n) is 2.98. The van der Waals surface area contributed by atoms with Crippen molar-refractivity contribution < 1.29 is 4.79 Å². The van der Waals surface area contributed by atoms with Crippen LogP contribution in [0.15, 0.2) is 23.6 Å². The van der Waals surface area contributed by atoms with E-state index in [1.807, 2.05) is 19.9 Å². The first-order valence-corrected chi connectivity index (χ1v) is 7.84. The normalized spacial score (nSPS) is 12.0. The number of anilines is 2. The number of thioether (sulfide) groups is 1. The smallest absolute Gasteiger partial charge is 0.238 e. The molecule has 9 heteroatoms. The quantitative estimate of drug-likeness (QED) is 0.633. The minimum Gasteiger partial charge on any atom is -0.382 e. The van der Waals surface area contributed by atoms with Gasteiger partial charge in [0.05, 0.1) is 17.6 Å². The Bertz CT molecular complexity index is 750. The summed E-state index contributed by atoms with van der Waals surface area (Å²) in [5, 5.41) is 15.7. The Labute approximate surface area is 138 Å². The second kappa shape index (κ2) is 7.11. The molecule has 1 atom stereocenters. The Morgan fingerprint density at radius 3 is 2.83 bits per heavy atom. The highest BCUT2D eigenvalue weighted by molar-refractivity contribution is 8.00. The average Bonchev–Trinajstić information content (AvgIpc) is 2.95. The van der Waals surface area contributed by atoms with E-state index in [4.69, 9.17) is 11.0 Å². The predicted molar refractivity (Wildman–Crippen MR) is 87.7 cm³/mol. The van der Waals surface area contributed by atoms with Gasteiger partial charge in [-0.05, 0) is 20.8 Å². The summed E-state index contributed by atoms with van der Waals surface area (Å²) in [6.45, 7) is 5.70. The lowest BCUT2D eigenvalue weighted by atomic mass is 10.3. The van der Waals surface area contributed by atoms with Gasteiger partial charge < -0.3 is 11.1 Å². The second-order valence-electron chi connectivity index (χ2n) is 5.07. The van der Waals surface area contributed by atoms with Crippen molar-refractivity contribution in [1.29, 1.82) is 5.26 Å². The Kier molecular flexibility index (Phi) is 5.18. The van der Waals surface area contributed by atoms with Crippen LogP contribution >= 0.6 is 11.8 Å². The van der Waals surface area contributed by atoms with Crippen molar-refractivity contribution in [3.8, 4) is 6.07 Å². The summed E-state index contributed by atoms with van der Waals surface area (Å²) < 4.78 is 1.73. The number of carbonyl (C=O) groups excluding carboxylic acids is 1. The van der Waals surface area contributed by atoms with Crippen LogP contribution < -0.4 is 11.1 Å². The minimum absolute atomic E-state index is 0.107. The third kappa shape index (κ3) is 3.98. The van der Waals surface area contributed by atoms with E-state index in [-0.39, 0.29) is 23.3 Å². The molecule has 2 rings (SSSR count). The van der Waals surface area contributed by atoms with E-state index >= 15 is 0 Å². The van der Waals surface area contributed by atoms with Crippen LogP contribution in [0.4, 0.5) is 11.6 Å². The molecule has 8 nitrogen and oxygen atoms in total. The topological polar surface area (TPSA) is 123 Å². The van der Waals surface area contributed by atoms with Gasteiger partial charge in [0.1, 0.15) is 23.3 Å². The van der Waals surface area contributed by atoms with Crippen LogP contribution in [-0.4, -0.2) is 30.9 Å². The molecule has 23 heavy (non-hydrogen) atoms. The first-order valence-electron chi connectivity index (χ1n) is 6.96. The minimum atomic E-state index is -0.433. The van der Waals surface area contributed by atoms with Gasteiger partial charge in [-0.3, -0.25) is 4.79 Å². The van der Waals surface area contributed by atoms with Gasteiger partial charge in [0.2, 0.25) is 5.91 Å². The number of carbonyl (C=O) groups is 1. The van der Waals surface area contributed by atoms with Crippen molar-refractivity contribution in [2.24, 2.45) is 0 Å². The molecular weight excluding hydrogens is 314 g/mol. The largest absolute Gasteiger partial charge is 0.382 e. The van der Waals surface area contributed by atoms with E-state index in [2.05, 4.69) is 20.4 Å². The van der Waals surface area contributed by atoms with Gasteiger partial charge in [0.15, 0.2) is 5.16 Å². The zero-order valence-electron chi connectivity index (χ0n) is 13.0. The van der Waals surface area contributed by atoms with Crippen LogP contribution in [0.25, 0.3) is 0 Å². The molecule has 3 N–H and O–H groups in total. The second-order valence-corrected chi connectivity index (χ2v) is 6.38. The van der Waals surface area contributed by atoms with Gasteiger partial charge in [-0.25, -0.2) is 14.6 Å². The molecule has 0 aliphatic carbocycles. The predicted octanol–water partition coefficient (Wildman–Crippen LogP) is 1.83. The van der Waals surface area contributed by atoms with Gasteiger partial charge in [-0.2, -0.15) is 10.4 Å². The molecule has 0 aliphatic rings. The van der Waals surface area contributed by atoms with Gasteiger partial charge >= 0.3 is 0 Å². The van der Waals surface area contributed by atoms with Crippen LogP contribution in [0.2, 0.25) is 0 Å². The first-order chi connectivity index (χ1) is 10.9. The maximum absolute atomic E-state index is 12.3. The molecule has 0 aromatic carbocycles. The molecule has 0 spiro atoms. The van der Waals surface area contributed by atoms with Crippen LogP contribution in [0, 0.1) is 11.3 Å². The fourth-order valence-corrected chi connectivity index (χ4v) is 2.53. The van der Waals surface area contributed by atoms with Gasteiger partial charge in [0, 0.05) is 12.1 Å². The summed E-state index contributed by atoms with van der Waals surface area (Å²) in [5.41, 5.74) is 5.86. The highest BCUT2D eigenvalue weighted by Crippen LogP contribution is 2.22. The van der Waals surface area contributed by atoms with Crippen molar-refractivity contribution in [3.05, 3.63) is 24.0 Å². The molecule has 0 fully saturated rings.